The minimum atomic E-state index is -0.322. The van der Waals surface area contributed by atoms with Crippen molar-refractivity contribution in [2.45, 2.75) is 32.7 Å². The van der Waals surface area contributed by atoms with Gasteiger partial charge in [-0.3, -0.25) is 4.90 Å². The van der Waals surface area contributed by atoms with Crippen molar-refractivity contribution in [1.29, 1.82) is 0 Å². The molecule has 4 heteroatoms. The summed E-state index contributed by atoms with van der Waals surface area (Å²) in [4.78, 5) is 2.31. The molecule has 2 unspecified atom stereocenters. The third kappa shape index (κ3) is 3.70. The number of hydrogen-bond acceptors (Lipinski definition) is 3. The molecular weight excluding hydrogens is 255 g/mol. The van der Waals surface area contributed by atoms with Crippen molar-refractivity contribution in [3.05, 3.63) is 29.6 Å². The maximum Gasteiger partial charge on any atom is 0.131 e. The van der Waals surface area contributed by atoms with Gasteiger partial charge in [0.2, 0.25) is 0 Å². The molecule has 0 saturated carbocycles. The molecule has 20 heavy (non-hydrogen) atoms. The van der Waals surface area contributed by atoms with E-state index in [4.69, 9.17) is 0 Å². The van der Waals surface area contributed by atoms with Gasteiger partial charge in [-0.2, -0.15) is 0 Å². The lowest BCUT2D eigenvalue weighted by molar-refractivity contribution is 0.168. The minimum absolute atomic E-state index is 0.0158. The molecule has 3 nitrogen and oxygen atoms in total. The molecule has 0 aromatic heterocycles. The Kier molecular flexibility index (Phi) is 5.38. The van der Waals surface area contributed by atoms with E-state index in [0.717, 1.165) is 26.2 Å². The Balaban J connectivity index is 2.05. The highest BCUT2D eigenvalue weighted by Crippen LogP contribution is 2.27. The standard InChI is InChI=1S/C16H25FN2O/c1-3-19(11-13-5-4-8-18-10-13)12(2)15-7-6-14(20)9-16(15)17/h6-7,9,12-13,18,20H,3-5,8,10-11H2,1-2H3. The Morgan fingerprint density at radius 2 is 2.30 bits per heavy atom. The second-order valence-corrected chi connectivity index (χ2v) is 5.68. The number of nitrogens with one attached hydrogen (secondary N) is 1. The van der Waals surface area contributed by atoms with Crippen molar-refractivity contribution >= 4 is 0 Å². The van der Waals surface area contributed by atoms with E-state index in [2.05, 4.69) is 17.1 Å². The number of piperidine rings is 1. The van der Waals surface area contributed by atoms with Gasteiger partial charge in [-0.05, 0) is 51.4 Å². The molecule has 0 radical (unpaired) electrons. The zero-order valence-corrected chi connectivity index (χ0v) is 12.4. The van der Waals surface area contributed by atoms with E-state index in [1.54, 1.807) is 12.1 Å². The summed E-state index contributed by atoms with van der Waals surface area (Å²) in [5.41, 5.74) is 0.661. The smallest absolute Gasteiger partial charge is 0.131 e. The lowest BCUT2D eigenvalue weighted by Crippen LogP contribution is -2.39. The van der Waals surface area contributed by atoms with E-state index in [-0.39, 0.29) is 17.6 Å². The molecule has 1 aromatic carbocycles. The molecule has 0 amide bonds. The average Bonchev–Trinajstić information content (AvgIpc) is 2.45. The predicted octanol–water partition coefficient (Wildman–Crippen LogP) is 2.91. The Hall–Kier alpha value is -1.13. The van der Waals surface area contributed by atoms with Gasteiger partial charge in [0.1, 0.15) is 11.6 Å². The fourth-order valence-corrected chi connectivity index (χ4v) is 3.02. The number of hydrogen-bond donors (Lipinski definition) is 2. The number of halogens is 1. The molecule has 2 rings (SSSR count). The van der Waals surface area contributed by atoms with Crippen molar-refractivity contribution < 1.29 is 9.50 Å². The van der Waals surface area contributed by atoms with Crippen LogP contribution in [0.15, 0.2) is 18.2 Å². The molecule has 1 aliphatic rings. The van der Waals surface area contributed by atoms with Crippen LogP contribution in [-0.2, 0) is 0 Å². The number of rotatable bonds is 5. The van der Waals surface area contributed by atoms with E-state index < -0.39 is 0 Å². The fourth-order valence-electron chi connectivity index (χ4n) is 3.02. The number of phenols is 1. The largest absolute Gasteiger partial charge is 0.508 e. The Morgan fingerprint density at radius 3 is 2.90 bits per heavy atom. The SMILES string of the molecule is CCN(CC1CCCNC1)C(C)c1ccc(O)cc1F. The predicted molar refractivity (Wildman–Crippen MR) is 79.3 cm³/mol. The lowest BCUT2D eigenvalue weighted by atomic mass is 9.97. The highest BCUT2D eigenvalue weighted by atomic mass is 19.1. The third-order valence-electron chi connectivity index (χ3n) is 4.28. The van der Waals surface area contributed by atoms with E-state index >= 15 is 0 Å². The zero-order valence-electron chi connectivity index (χ0n) is 12.4. The van der Waals surface area contributed by atoms with Crippen molar-refractivity contribution in [3.63, 3.8) is 0 Å². The maximum absolute atomic E-state index is 14.0. The highest BCUT2D eigenvalue weighted by molar-refractivity contribution is 5.29. The Labute approximate surface area is 120 Å². The van der Waals surface area contributed by atoms with Crippen molar-refractivity contribution in [2.24, 2.45) is 5.92 Å². The van der Waals surface area contributed by atoms with Gasteiger partial charge in [-0.25, -0.2) is 4.39 Å². The van der Waals surface area contributed by atoms with Gasteiger partial charge >= 0.3 is 0 Å². The summed E-state index contributed by atoms with van der Waals surface area (Å²) in [6.45, 7) is 8.22. The topological polar surface area (TPSA) is 35.5 Å². The van der Waals surface area contributed by atoms with Gasteiger partial charge in [0.05, 0.1) is 0 Å². The summed E-state index contributed by atoms with van der Waals surface area (Å²) in [7, 11) is 0. The van der Waals surface area contributed by atoms with E-state index in [1.807, 2.05) is 6.92 Å². The Morgan fingerprint density at radius 1 is 1.50 bits per heavy atom. The van der Waals surface area contributed by atoms with Crippen LogP contribution in [0, 0.1) is 11.7 Å². The second-order valence-electron chi connectivity index (χ2n) is 5.68. The van der Waals surface area contributed by atoms with Crippen LogP contribution in [0.2, 0.25) is 0 Å². The van der Waals surface area contributed by atoms with Crippen LogP contribution in [0.5, 0.6) is 5.75 Å². The lowest BCUT2D eigenvalue weighted by Gasteiger charge is -2.33. The van der Waals surface area contributed by atoms with Crippen LogP contribution in [0.4, 0.5) is 4.39 Å². The van der Waals surface area contributed by atoms with Gasteiger partial charge < -0.3 is 10.4 Å². The molecule has 0 bridgehead atoms. The highest BCUT2D eigenvalue weighted by Gasteiger charge is 2.22. The molecule has 0 spiro atoms. The third-order valence-corrected chi connectivity index (χ3v) is 4.28. The molecule has 1 aromatic rings. The molecule has 1 saturated heterocycles. The van der Waals surface area contributed by atoms with Crippen LogP contribution in [-0.4, -0.2) is 36.2 Å². The van der Waals surface area contributed by atoms with Crippen molar-refractivity contribution in [3.8, 4) is 5.75 Å². The number of nitrogens with zero attached hydrogens (tertiary/aromatic N) is 1. The monoisotopic (exact) mass is 280 g/mol. The van der Waals surface area contributed by atoms with E-state index in [1.165, 1.54) is 18.9 Å². The van der Waals surface area contributed by atoms with Gasteiger partial charge in [0.15, 0.2) is 0 Å². The van der Waals surface area contributed by atoms with Gasteiger partial charge in [0.25, 0.3) is 0 Å². The van der Waals surface area contributed by atoms with Gasteiger partial charge in [-0.15, -0.1) is 0 Å². The molecule has 1 aliphatic heterocycles. The molecule has 1 fully saturated rings. The summed E-state index contributed by atoms with van der Waals surface area (Å²) in [5.74, 6) is 0.307. The number of benzene rings is 1. The van der Waals surface area contributed by atoms with Crippen molar-refractivity contribution in [1.82, 2.24) is 10.2 Å². The first-order chi connectivity index (χ1) is 9.61. The molecule has 1 heterocycles. The van der Waals surface area contributed by atoms with Crippen LogP contribution in [0.3, 0.4) is 0 Å². The number of phenolic OH excluding ortho intramolecular Hbond substituents is 1. The van der Waals surface area contributed by atoms with Gasteiger partial charge in [0, 0.05) is 24.2 Å². The Bertz CT molecular complexity index is 432. The van der Waals surface area contributed by atoms with Crippen LogP contribution >= 0.6 is 0 Å². The minimum Gasteiger partial charge on any atom is -0.508 e. The molecule has 112 valence electrons. The first-order valence-corrected chi connectivity index (χ1v) is 7.55. The average molecular weight is 280 g/mol. The molecular formula is C16H25FN2O. The summed E-state index contributed by atoms with van der Waals surface area (Å²) < 4.78 is 14.0. The summed E-state index contributed by atoms with van der Waals surface area (Å²) in [6, 6.07) is 4.48. The first kappa shape index (κ1) is 15.3. The van der Waals surface area contributed by atoms with E-state index in [9.17, 15) is 9.50 Å². The zero-order chi connectivity index (χ0) is 14.5. The first-order valence-electron chi connectivity index (χ1n) is 7.55. The van der Waals surface area contributed by atoms with Gasteiger partial charge in [-0.1, -0.05) is 13.0 Å². The molecule has 2 N–H and O–H groups in total. The summed E-state index contributed by atoms with van der Waals surface area (Å²) in [6.07, 6.45) is 2.47. The van der Waals surface area contributed by atoms with Crippen LogP contribution in [0.25, 0.3) is 0 Å². The molecule has 2 atom stereocenters. The molecule has 0 aliphatic carbocycles. The maximum atomic E-state index is 14.0. The fraction of sp³-hybridized carbons (Fsp3) is 0.625. The summed E-state index contributed by atoms with van der Waals surface area (Å²) >= 11 is 0. The quantitative estimate of drug-likeness (QED) is 0.870. The summed E-state index contributed by atoms with van der Waals surface area (Å²) in [5, 5.41) is 12.7. The van der Waals surface area contributed by atoms with Crippen LogP contribution in [0.1, 0.15) is 38.3 Å². The second kappa shape index (κ2) is 7.04. The van der Waals surface area contributed by atoms with Crippen LogP contribution < -0.4 is 5.32 Å². The van der Waals surface area contributed by atoms with E-state index in [0.29, 0.717) is 11.5 Å². The normalized spacial score (nSPS) is 21.1. The number of aromatic hydroxyl groups is 1. The van der Waals surface area contributed by atoms with Crippen molar-refractivity contribution in [2.75, 3.05) is 26.2 Å².